The second kappa shape index (κ2) is 29.5. The first-order chi connectivity index (χ1) is 6.39. The number of hydrogen-bond acceptors (Lipinski definition) is 6. The van der Waals surface area contributed by atoms with Gasteiger partial charge in [-0.15, -0.1) is 0 Å². The molecule has 84 valence electrons. The summed E-state index contributed by atoms with van der Waals surface area (Å²) in [5.41, 5.74) is 0. The third-order valence-corrected chi connectivity index (χ3v) is 0.688. The van der Waals surface area contributed by atoms with Gasteiger partial charge in [-0.3, -0.25) is 21.0 Å². The van der Waals surface area contributed by atoms with Crippen molar-refractivity contribution < 1.29 is 54.4 Å². The van der Waals surface area contributed by atoms with Gasteiger partial charge in [-0.2, -0.15) is 4.73 Å². The van der Waals surface area contributed by atoms with Gasteiger partial charge in [-0.1, -0.05) is 6.07 Å². The molecule has 1 rings (SSSR count). The van der Waals surface area contributed by atoms with Gasteiger partial charge in [0.25, 0.3) is 0 Å². The Labute approximate surface area is 90.6 Å². The van der Waals surface area contributed by atoms with Crippen molar-refractivity contribution in [3.05, 3.63) is 35.8 Å². The predicted octanol–water partition coefficient (Wildman–Crippen LogP) is -0.591. The number of pyridine rings is 1. The molecule has 0 saturated heterocycles. The van der Waals surface area contributed by atoms with Gasteiger partial charge >= 0.3 is 23.2 Å². The Morgan fingerprint density at radius 1 is 0.929 bits per heavy atom. The molecule has 0 aliphatic rings. The Hall–Kier alpha value is -0.762. The zero-order valence-corrected chi connectivity index (χ0v) is 8.85. The number of nitrogens with zero attached hydrogens (tertiary/aromatic N) is 1. The molecule has 0 aliphatic carbocycles. The number of rotatable bonds is 0. The van der Waals surface area contributed by atoms with E-state index in [-0.39, 0.29) is 5.48 Å². The van der Waals surface area contributed by atoms with Gasteiger partial charge in [0, 0.05) is 12.1 Å². The maximum atomic E-state index is 10.2. The van der Waals surface area contributed by atoms with Crippen molar-refractivity contribution in [3.63, 3.8) is 0 Å². The monoisotopic (exact) mass is 295 g/mol. The van der Waals surface area contributed by atoms with Gasteiger partial charge in [-0.05, 0) is 0 Å². The van der Waals surface area contributed by atoms with E-state index in [4.69, 9.17) is 24.4 Å². The van der Waals surface area contributed by atoms with Crippen LogP contribution in [0.25, 0.3) is 0 Å². The van der Waals surface area contributed by atoms with Crippen LogP contribution in [0, 0.1) is 5.21 Å². The van der Waals surface area contributed by atoms with Gasteiger partial charge in [0.05, 0.1) is 0 Å². The first-order valence-corrected chi connectivity index (χ1v) is 3.42. The van der Waals surface area contributed by atoms with Crippen LogP contribution in [0.5, 0.6) is 0 Å². The SMILES string of the molecule is O.OO.OO.[O-][n+]1ccccc1.[O]=[Mo]. The van der Waals surface area contributed by atoms with E-state index < -0.39 is 0 Å². The second-order valence-electron chi connectivity index (χ2n) is 1.24. The quantitative estimate of drug-likeness (QED) is 0.164. The van der Waals surface area contributed by atoms with E-state index in [0.717, 1.165) is 4.73 Å². The molecular weight excluding hydrogens is 282 g/mol. The Bertz CT molecular complexity index is 163. The molecule has 0 atom stereocenters. The van der Waals surface area contributed by atoms with E-state index in [9.17, 15) is 5.21 Å². The predicted molar refractivity (Wildman–Crippen MR) is 40.2 cm³/mol. The van der Waals surface area contributed by atoms with Crippen LogP contribution in [0.2, 0.25) is 0 Å². The molecule has 8 nitrogen and oxygen atoms in total. The molecule has 0 aliphatic heterocycles. The average molecular weight is 293 g/mol. The molecule has 0 fully saturated rings. The zero-order valence-electron chi connectivity index (χ0n) is 6.85. The van der Waals surface area contributed by atoms with Crippen molar-refractivity contribution in [1.82, 2.24) is 0 Å². The molecule has 1 aromatic rings. The Balaban J connectivity index is -0.0000000625. The van der Waals surface area contributed by atoms with Gasteiger partial charge in [-0.25, -0.2) is 0 Å². The third kappa shape index (κ3) is 22.5. The summed E-state index contributed by atoms with van der Waals surface area (Å²) >= 11 is 0.700. The molecular formula is C5H11MoNO7. The van der Waals surface area contributed by atoms with Crippen molar-refractivity contribution in [1.29, 1.82) is 0 Å². The minimum absolute atomic E-state index is 0. The summed E-state index contributed by atoms with van der Waals surface area (Å²) in [6, 6.07) is 5.18. The van der Waals surface area contributed by atoms with Crippen LogP contribution in [0.15, 0.2) is 30.6 Å². The molecule has 0 spiro atoms. The van der Waals surface area contributed by atoms with Crippen LogP contribution in [0.3, 0.4) is 0 Å². The van der Waals surface area contributed by atoms with Crippen molar-refractivity contribution in [2.75, 3.05) is 0 Å². The Morgan fingerprint density at radius 2 is 1.21 bits per heavy atom. The molecule has 1 aromatic heterocycles. The van der Waals surface area contributed by atoms with Crippen LogP contribution in [0.4, 0.5) is 0 Å². The topological polar surface area (TPSA) is 156 Å². The first kappa shape index (κ1) is 23.2. The molecule has 14 heavy (non-hydrogen) atoms. The summed E-state index contributed by atoms with van der Waals surface area (Å²) in [6.45, 7) is 0. The van der Waals surface area contributed by atoms with Gasteiger partial charge in [0.15, 0.2) is 12.4 Å². The fraction of sp³-hybridized carbons (Fsp3) is 0. The van der Waals surface area contributed by atoms with Crippen LogP contribution < -0.4 is 4.73 Å². The van der Waals surface area contributed by atoms with Gasteiger partial charge in [0.2, 0.25) is 0 Å². The minimum atomic E-state index is 0. The average Bonchev–Trinajstić information content (AvgIpc) is 2.28. The van der Waals surface area contributed by atoms with E-state index in [1.807, 2.05) is 0 Å². The molecule has 0 aromatic carbocycles. The Kier molecular flexibility index (Phi) is 49.0. The summed E-state index contributed by atoms with van der Waals surface area (Å²) in [5, 5.41) is 34.2. The molecule has 0 bridgehead atoms. The van der Waals surface area contributed by atoms with Crippen LogP contribution in [-0.2, 0) is 23.2 Å². The van der Waals surface area contributed by atoms with E-state index in [1.54, 1.807) is 18.2 Å². The summed E-state index contributed by atoms with van der Waals surface area (Å²) in [4.78, 5) is 0. The van der Waals surface area contributed by atoms with Crippen LogP contribution >= 0.6 is 0 Å². The van der Waals surface area contributed by atoms with Gasteiger partial charge < -0.3 is 10.7 Å². The van der Waals surface area contributed by atoms with E-state index in [1.165, 1.54) is 12.4 Å². The fourth-order valence-corrected chi connectivity index (χ4v) is 0.383. The molecule has 0 amide bonds. The van der Waals surface area contributed by atoms with Crippen LogP contribution in [0.1, 0.15) is 0 Å². The van der Waals surface area contributed by atoms with E-state index >= 15 is 0 Å². The van der Waals surface area contributed by atoms with Gasteiger partial charge in [0.1, 0.15) is 0 Å². The molecule has 1 heterocycles. The molecule has 0 saturated carbocycles. The molecule has 0 unspecified atom stereocenters. The van der Waals surface area contributed by atoms with Crippen molar-refractivity contribution >= 4 is 0 Å². The van der Waals surface area contributed by atoms with E-state index in [2.05, 4.69) is 0 Å². The maximum absolute atomic E-state index is 10.2. The Morgan fingerprint density at radius 3 is 1.36 bits per heavy atom. The normalized spacial score (nSPS) is 5.43. The number of hydrogen-bond donors (Lipinski definition) is 4. The van der Waals surface area contributed by atoms with E-state index in [0.29, 0.717) is 19.8 Å². The molecule has 0 radical (unpaired) electrons. The van der Waals surface area contributed by atoms with Crippen LogP contribution in [-0.4, -0.2) is 26.5 Å². The summed E-state index contributed by atoms with van der Waals surface area (Å²) < 4.78 is 9.01. The van der Waals surface area contributed by atoms with Crippen molar-refractivity contribution in [2.45, 2.75) is 0 Å². The second-order valence-corrected chi connectivity index (χ2v) is 1.24. The van der Waals surface area contributed by atoms with Crippen molar-refractivity contribution in [3.8, 4) is 0 Å². The summed E-state index contributed by atoms with van der Waals surface area (Å²) in [5.74, 6) is 0. The molecule has 6 N–H and O–H groups in total. The fourth-order valence-electron chi connectivity index (χ4n) is 0.383. The standard InChI is InChI=1S/C5H5NO.Mo.2H2O2.H2O.O/c7-6-4-2-1-3-5-6;;2*1-2;;/h1-5H;;2*1-2H;1H2;. The third-order valence-electron chi connectivity index (χ3n) is 0.688. The summed E-state index contributed by atoms with van der Waals surface area (Å²) in [7, 11) is 0. The number of aromatic nitrogens is 1. The van der Waals surface area contributed by atoms with Crippen molar-refractivity contribution in [2.24, 2.45) is 0 Å². The first-order valence-electron chi connectivity index (χ1n) is 2.60. The molecule has 9 heteroatoms. The zero-order chi connectivity index (χ0) is 11.1. The summed E-state index contributed by atoms with van der Waals surface area (Å²) in [6.07, 6.45) is 2.89.